The SMILES string of the molecule is CCCCCC(=O)Cc1ccc(F)c(Br)c1. The number of carbonyl (C=O) groups is 1. The third-order valence-corrected chi connectivity index (χ3v) is 3.05. The number of unbranched alkanes of at least 4 members (excludes halogenated alkanes) is 2. The van der Waals surface area contributed by atoms with Gasteiger partial charge in [-0.25, -0.2) is 4.39 Å². The maximum absolute atomic E-state index is 13.0. The molecule has 0 aromatic heterocycles. The second-order valence-corrected chi connectivity index (χ2v) is 4.78. The Balaban J connectivity index is 2.46. The summed E-state index contributed by atoms with van der Waals surface area (Å²) in [6.07, 6.45) is 4.21. The van der Waals surface area contributed by atoms with E-state index in [1.165, 1.54) is 6.07 Å². The van der Waals surface area contributed by atoms with Crippen LogP contribution in [0.15, 0.2) is 22.7 Å². The summed E-state index contributed by atoms with van der Waals surface area (Å²) in [6, 6.07) is 4.73. The molecule has 1 aromatic carbocycles. The Bertz CT molecular complexity index is 363. The van der Waals surface area contributed by atoms with Gasteiger partial charge in [-0.05, 0) is 40.0 Å². The number of ketones is 1. The first kappa shape index (κ1) is 13.4. The second kappa shape index (κ2) is 6.79. The van der Waals surface area contributed by atoms with Crippen molar-refractivity contribution >= 4 is 21.7 Å². The van der Waals surface area contributed by atoms with Gasteiger partial charge in [0.25, 0.3) is 0 Å². The molecule has 16 heavy (non-hydrogen) atoms. The van der Waals surface area contributed by atoms with E-state index in [4.69, 9.17) is 0 Å². The third-order valence-electron chi connectivity index (χ3n) is 2.44. The number of halogens is 2. The van der Waals surface area contributed by atoms with E-state index in [-0.39, 0.29) is 11.6 Å². The van der Waals surface area contributed by atoms with Crippen LogP contribution in [0.1, 0.15) is 38.2 Å². The van der Waals surface area contributed by atoms with E-state index in [9.17, 15) is 9.18 Å². The number of benzene rings is 1. The molecule has 0 amide bonds. The largest absolute Gasteiger partial charge is 0.299 e. The fourth-order valence-electron chi connectivity index (χ4n) is 1.54. The minimum atomic E-state index is -0.290. The molecule has 0 saturated carbocycles. The minimum absolute atomic E-state index is 0.229. The van der Waals surface area contributed by atoms with E-state index in [0.29, 0.717) is 17.3 Å². The van der Waals surface area contributed by atoms with E-state index >= 15 is 0 Å². The normalized spacial score (nSPS) is 10.4. The van der Waals surface area contributed by atoms with Gasteiger partial charge in [0.2, 0.25) is 0 Å². The van der Waals surface area contributed by atoms with Gasteiger partial charge in [-0.1, -0.05) is 25.8 Å². The van der Waals surface area contributed by atoms with Crippen LogP contribution in [0.4, 0.5) is 4.39 Å². The lowest BCUT2D eigenvalue weighted by Gasteiger charge is -2.02. The summed E-state index contributed by atoms with van der Waals surface area (Å²) in [6.45, 7) is 2.11. The Labute approximate surface area is 104 Å². The minimum Gasteiger partial charge on any atom is -0.299 e. The van der Waals surface area contributed by atoms with Crippen molar-refractivity contribution < 1.29 is 9.18 Å². The highest BCUT2D eigenvalue weighted by Crippen LogP contribution is 2.17. The highest BCUT2D eigenvalue weighted by molar-refractivity contribution is 9.10. The molecule has 0 radical (unpaired) electrons. The highest BCUT2D eigenvalue weighted by atomic mass is 79.9. The number of hydrogen-bond donors (Lipinski definition) is 0. The van der Waals surface area contributed by atoms with E-state index < -0.39 is 0 Å². The van der Waals surface area contributed by atoms with Crippen molar-refractivity contribution in [2.75, 3.05) is 0 Å². The number of Topliss-reactive ketones (excluding diaryl/α,β-unsaturated/α-hetero) is 1. The molecular formula is C13H16BrFO. The first-order chi connectivity index (χ1) is 7.63. The molecule has 0 atom stereocenters. The van der Waals surface area contributed by atoms with Gasteiger partial charge < -0.3 is 0 Å². The summed E-state index contributed by atoms with van der Waals surface area (Å²) in [5.41, 5.74) is 0.870. The van der Waals surface area contributed by atoms with Gasteiger partial charge in [0.1, 0.15) is 11.6 Å². The van der Waals surface area contributed by atoms with Crippen molar-refractivity contribution in [2.45, 2.75) is 39.0 Å². The maximum atomic E-state index is 13.0. The van der Waals surface area contributed by atoms with Gasteiger partial charge in [-0.15, -0.1) is 0 Å². The van der Waals surface area contributed by atoms with Gasteiger partial charge in [0.05, 0.1) is 4.47 Å². The van der Waals surface area contributed by atoms with Crippen LogP contribution in [0, 0.1) is 5.82 Å². The van der Waals surface area contributed by atoms with Crippen molar-refractivity contribution in [2.24, 2.45) is 0 Å². The van der Waals surface area contributed by atoms with Gasteiger partial charge in [-0.3, -0.25) is 4.79 Å². The zero-order valence-electron chi connectivity index (χ0n) is 9.43. The van der Waals surface area contributed by atoms with Crippen molar-refractivity contribution in [3.63, 3.8) is 0 Å². The van der Waals surface area contributed by atoms with Crippen LogP contribution in [0.5, 0.6) is 0 Å². The van der Waals surface area contributed by atoms with Crippen LogP contribution >= 0.6 is 15.9 Å². The monoisotopic (exact) mass is 286 g/mol. The van der Waals surface area contributed by atoms with E-state index in [1.54, 1.807) is 12.1 Å². The summed E-state index contributed by atoms with van der Waals surface area (Å²) < 4.78 is 13.4. The Morgan fingerprint density at radius 2 is 2.12 bits per heavy atom. The highest BCUT2D eigenvalue weighted by Gasteiger charge is 2.05. The smallest absolute Gasteiger partial charge is 0.137 e. The fraction of sp³-hybridized carbons (Fsp3) is 0.462. The predicted octanol–water partition coefficient (Wildman–Crippen LogP) is 4.28. The zero-order valence-corrected chi connectivity index (χ0v) is 11.0. The van der Waals surface area contributed by atoms with E-state index in [1.807, 2.05) is 0 Å². The summed E-state index contributed by atoms with van der Waals surface area (Å²) >= 11 is 3.11. The van der Waals surface area contributed by atoms with Gasteiger partial charge in [0, 0.05) is 12.8 Å². The van der Waals surface area contributed by atoms with Crippen molar-refractivity contribution in [3.05, 3.63) is 34.1 Å². The summed E-state index contributed by atoms with van der Waals surface area (Å²) in [5, 5.41) is 0. The molecule has 0 aliphatic rings. The zero-order chi connectivity index (χ0) is 12.0. The van der Waals surface area contributed by atoms with Crippen LogP contribution in [0.2, 0.25) is 0 Å². The van der Waals surface area contributed by atoms with Crippen LogP contribution < -0.4 is 0 Å². The first-order valence-electron chi connectivity index (χ1n) is 5.59. The summed E-state index contributed by atoms with van der Waals surface area (Å²) in [4.78, 5) is 11.6. The maximum Gasteiger partial charge on any atom is 0.137 e. The van der Waals surface area contributed by atoms with Crippen LogP contribution in [0.3, 0.4) is 0 Å². The molecule has 0 bridgehead atoms. The molecule has 1 rings (SSSR count). The Hall–Kier alpha value is -0.700. The molecule has 3 heteroatoms. The molecule has 0 aliphatic carbocycles. The average molecular weight is 287 g/mol. The van der Waals surface area contributed by atoms with Crippen molar-refractivity contribution in [1.29, 1.82) is 0 Å². The van der Waals surface area contributed by atoms with Gasteiger partial charge >= 0.3 is 0 Å². The number of carbonyl (C=O) groups excluding carboxylic acids is 1. The molecular weight excluding hydrogens is 271 g/mol. The lowest BCUT2D eigenvalue weighted by molar-refractivity contribution is -0.118. The molecule has 0 unspecified atom stereocenters. The lowest BCUT2D eigenvalue weighted by Crippen LogP contribution is -2.02. The summed E-state index contributed by atoms with van der Waals surface area (Å²) in [7, 11) is 0. The molecule has 1 aromatic rings. The number of hydrogen-bond acceptors (Lipinski definition) is 1. The lowest BCUT2D eigenvalue weighted by atomic mass is 10.0. The average Bonchev–Trinajstić information content (AvgIpc) is 2.24. The van der Waals surface area contributed by atoms with E-state index in [2.05, 4.69) is 22.9 Å². The second-order valence-electron chi connectivity index (χ2n) is 3.92. The Morgan fingerprint density at radius 3 is 2.75 bits per heavy atom. The number of rotatable bonds is 6. The first-order valence-corrected chi connectivity index (χ1v) is 6.38. The molecule has 0 spiro atoms. The fourth-order valence-corrected chi connectivity index (χ4v) is 1.96. The molecule has 0 N–H and O–H groups in total. The van der Waals surface area contributed by atoms with E-state index in [0.717, 1.165) is 24.8 Å². The molecule has 88 valence electrons. The Kier molecular flexibility index (Phi) is 5.67. The van der Waals surface area contributed by atoms with Crippen molar-refractivity contribution in [1.82, 2.24) is 0 Å². The van der Waals surface area contributed by atoms with Crippen LogP contribution in [-0.4, -0.2) is 5.78 Å². The molecule has 0 fully saturated rings. The quantitative estimate of drug-likeness (QED) is 0.714. The standard InChI is InChI=1S/C13H16BrFO/c1-2-3-4-5-11(16)8-10-6-7-13(15)12(14)9-10/h6-7,9H,2-5,8H2,1H3. The summed E-state index contributed by atoms with van der Waals surface area (Å²) in [5.74, 6) is -0.0610. The molecule has 1 nitrogen and oxygen atoms in total. The topological polar surface area (TPSA) is 17.1 Å². The molecule has 0 heterocycles. The Morgan fingerprint density at radius 1 is 1.38 bits per heavy atom. The van der Waals surface area contributed by atoms with Gasteiger partial charge in [0.15, 0.2) is 0 Å². The van der Waals surface area contributed by atoms with Crippen LogP contribution in [0.25, 0.3) is 0 Å². The van der Waals surface area contributed by atoms with Crippen molar-refractivity contribution in [3.8, 4) is 0 Å². The molecule has 0 aliphatic heterocycles. The van der Waals surface area contributed by atoms with Gasteiger partial charge in [-0.2, -0.15) is 0 Å². The molecule has 0 saturated heterocycles. The predicted molar refractivity (Wildman–Crippen MR) is 67.0 cm³/mol. The van der Waals surface area contributed by atoms with Crippen LogP contribution in [-0.2, 0) is 11.2 Å². The third kappa shape index (κ3) is 4.44.